The predicted octanol–water partition coefficient (Wildman–Crippen LogP) is 2.15. The molecular weight excluding hydrogens is 294 g/mol. The number of nitrogens with one attached hydrogen (secondary N) is 1. The molecule has 0 fully saturated rings. The van der Waals surface area contributed by atoms with Gasteiger partial charge in [-0.05, 0) is 29.8 Å². The number of ketones is 2. The maximum atomic E-state index is 12.0. The lowest BCUT2D eigenvalue weighted by molar-refractivity contribution is -0.137. The number of amides is 1. The van der Waals surface area contributed by atoms with Crippen LogP contribution in [0.2, 0.25) is 0 Å². The summed E-state index contributed by atoms with van der Waals surface area (Å²) >= 11 is 0. The SMILES string of the molecule is COc1ccc(C(=O)CC(=O)C(=O)NCc2ccccc2)cc1. The number of methoxy groups -OCH3 is 1. The molecule has 2 aromatic rings. The van der Waals surface area contributed by atoms with E-state index >= 15 is 0 Å². The fraction of sp³-hybridized carbons (Fsp3) is 0.167. The first-order valence-corrected chi connectivity index (χ1v) is 7.12. The van der Waals surface area contributed by atoms with Gasteiger partial charge in [-0.2, -0.15) is 0 Å². The minimum Gasteiger partial charge on any atom is -0.497 e. The van der Waals surface area contributed by atoms with Crippen molar-refractivity contribution in [2.75, 3.05) is 7.11 Å². The molecule has 0 heterocycles. The number of hydrogen-bond donors (Lipinski definition) is 1. The van der Waals surface area contributed by atoms with Gasteiger partial charge in [0.1, 0.15) is 5.75 Å². The van der Waals surface area contributed by atoms with E-state index in [0.29, 0.717) is 11.3 Å². The summed E-state index contributed by atoms with van der Waals surface area (Å²) in [4.78, 5) is 35.6. The number of carbonyl (C=O) groups is 3. The summed E-state index contributed by atoms with van der Waals surface area (Å²) in [5, 5.41) is 2.51. The molecule has 0 atom stereocenters. The molecule has 118 valence electrons. The summed E-state index contributed by atoms with van der Waals surface area (Å²) < 4.78 is 5.00. The van der Waals surface area contributed by atoms with Crippen molar-refractivity contribution < 1.29 is 19.1 Å². The second-order valence-electron chi connectivity index (χ2n) is 4.92. The molecule has 0 aliphatic heterocycles. The van der Waals surface area contributed by atoms with Crippen LogP contribution in [-0.4, -0.2) is 24.6 Å². The average Bonchev–Trinajstić information content (AvgIpc) is 2.60. The second-order valence-corrected chi connectivity index (χ2v) is 4.92. The van der Waals surface area contributed by atoms with Crippen LogP contribution in [-0.2, 0) is 16.1 Å². The van der Waals surface area contributed by atoms with Crippen LogP contribution in [0.3, 0.4) is 0 Å². The molecule has 5 nitrogen and oxygen atoms in total. The van der Waals surface area contributed by atoms with Crippen molar-refractivity contribution in [3.05, 3.63) is 65.7 Å². The van der Waals surface area contributed by atoms with Gasteiger partial charge in [0.05, 0.1) is 13.5 Å². The lowest BCUT2D eigenvalue weighted by atomic mass is 10.1. The first kappa shape index (κ1) is 16.4. The van der Waals surface area contributed by atoms with E-state index in [0.717, 1.165) is 5.56 Å². The van der Waals surface area contributed by atoms with Crippen molar-refractivity contribution in [2.45, 2.75) is 13.0 Å². The topological polar surface area (TPSA) is 72.5 Å². The number of ether oxygens (including phenoxy) is 1. The Kier molecular flexibility index (Phi) is 5.63. The monoisotopic (exact) mass is 311 g/mol. The van der Waals surface area contributed by atoms with Gasteiger partial charge in [-0.15, -0.1) is 0 Å². The fourth-order valence-electron chi connectivity index (χ4n) is 1.98. The maximum absolute atomic E-state index is 12.0. The minimum atomic E-state index is -0.754. The Morgan fingerprint density at radius 2 is 1.61 bits per heavy atom. The molecule has 0 aliphatic carbocycles. The lowest BCUT2D eigenvalue weighted by Gasteiger charge is -2.05. The van der Waals surface area contributed by atoms with E-state index in [1.165, 1.54) is 7.11 Å². The Balaban J connectivity index is 1.87. The van der Waals surface area contributed by atoms with Gasteiger partial charge in [0.25, 0.3) is 5.91 Å². The van der Waals surface area contributed by atoms with Crippen LogP contribution < -0.4 is 10.1 Å². The molecule has 0 radical (unpaired) electrons. The Hall–Kier alpha value is -2.95. The van der Waals surface area contributed by atoms with Crippen LogP contribution >= 0.6 is 0 Å². The van der Waals surface area contributed by atoms with Gasteiger partial charge in [-0.3, -0.25) is 14.4 Å². The zero-order valence-electron chi connectivity index (χ0n) is 12.7. The highest BCUT2D eigenvalue weighted by atomic mass is 16.5. The molecular formula is C18H17NO4. The summed E-state index contributed by atoms with van der Waals surface area (Å²) in [6, 6.07) is 15.6. The van der Waals surface area contributed by atoms with Gasteiger partial charge < -0.3 is 10.1 Å². The standard InChI is InChI=1S/C18H17NO4/c1-23-15-9-7-14(8-10-15)16(20)11-17(21)18(22)19-12-13-5-3-2-4-6-13/h2-10H,11-12H2,1H3,(H,19,22). The van der Waals surface area contributed by atoms with Crippen molar-refractivity contribution in [3.63, 3.8) is 0 Å². The summed E-state index contributed by atoms with van der Waals surface area (Å²) in [6.45, 7) is 0.252. The molecule has 0 saturated carbocycles. The van der Waals surface area contributed by atoms with Crippen LogP contribution in [0.4, 0.5) is 0 Å². The third kappa shape index (κ3) is 4.78. The van der Waals surface area contributed by atoms with E-state index < -0.39 is 23.9 Å². The quantitative estimate of drug-likeness (QED) is 0.483. The first-order valence-electron chi connectivity index (χ1n) is 7.12. The van der Waals surface area contributed by atoms with Crippen LogP contribution in [0.5, 0.6) is 5.75 Å². The summed E-state index contributed by atoms with van der Waals surface area (Å²) in [5.41, 5.74) is 1.25. The fourth-order valence-corrected chi connectivity index (χ4v) is 1.98. The van der Waals surface area contributed by atoms with E-state index in [2.05, 4.69) is 5.32 Å². The number of benzene rings is 2. The van der Waals surface area contributed by atoms with Crippen LogP contribution in [0, 0.1) is 0 Å². The van der Waals surface area contributed by atoms with Gasteiger partial charge in [-0.1, -0.05) is 30.3 Å². The van der Waals surface area contributed by atoms with Crippen molar-refractivity contribution >= 4 is 17.5 Å². The Bertz CT molecular complexity index is 693. The molecule has 2 aromatic carbocycles. The summed E-state index contributed by atoms with van der Waals surface area (Å²) in [7, 11) is 1.53. The Labute approximate surface area is 134 Å². The highest BCUT2D eigenvalue weighted by Gasteiger charge is 2.18. The smallest absolute Gasteiger partial charge is 0.288 e. The van der Waals surface area contributed by atoms with Crippen LogP contribution in [0.1, 0.15) is 22.3 Å². The van der Waals surface area contributed by atoms with Gasteiger partial charge >= 0.3 is 0 Å². The largest absolute Gasteiger partial charge is 0.497 e. The van der Waals surface area contributed by atoms with Gasteiger partial charge in [0.15, 0.2) is 5.78 Å². The van der Waals surface area contributed by atoms with Crippen LogP contribution in [0.15, 0.2) is 54.6 Å². The molecule has 0 aliphatic rings. The Morgan fingerprint density at radius 1 is 0.957 bits per heavy atom. The van der Waals surface area contributed by atoms with Gasteiger partial charge in [0, 0.05) is 12.1 Å². The number of Topliss-reactive ketones (excluding diaryl/α,β-unsaturated/α-hetero) is 2. The van der Waals surface area contributed by atoms with Crippen molar-refractivity contribution in [1.29, 1.82) is 0 Å². The van der Waals surface area contributed by atoms with Crippen molar-refractivity contribution in [3.8, 4) is 5.75 Å². The Morgan fingerprint density at radius 3 is 2.22 bits per heavy atom. The van der Waals surface area contributed by atoms with Crippen molar-refractivity contribution in [1.82, 2.24) is 5.32 Å². The van der Waals surface area contributed by atoms with Gasteiger partial charge in [-0.25, -0.2) is 0 Å². The van der Waals surface area contributed by atoms with E-state index in [9.17, 15) is 14.4 Å². The number of hydrogen-bond acceptors (Lipinski definition) is 4. The van der Waals surface area contributed by atoms with Crippen LogP contribution in [0.25, 0.3) is 0 Å². The van der Waals surface area contributed by atoms with Gasteiger partial charge in [0.2, 0.25) is 5.78 Å². The maximum Gasteiger partial charge on any atom is 0.288 e. The molecule has 0 spiro atoms. The van der Waals surface area contributed by atoms with E-state index in [4.69, 9.17) is 4.74 Å². The highest BCUT2D eigenvalue weighted by molar-refractivity contribution is 6.40. The molecule has 1 N–H and O–H groups in total. The lowest BCUT2D eigenvalue weighted by Crippen LogP contribution is -2.31. The molecule has 23 heavy (non-hydrogen) atoms. The molecule has 0 bridgehead atoms. The zero-order valence-corrected chi connectivity index (χ0v) is 12.7. The van der Waals surface area contributed by atoms with Crippen molar-refractivity contribution in [2.24, 2.45) is 0 Å². The summed E-state index contributed by atoms with van der Waals surface area (Å²) in [5.74, 6) is -1.28. The molecule has 0 unspecified atom stereocenters. The molecule has 5 heteroatoms. The third-order valence-corrected chi connectivity index (χ3v) is 3.28. The minimum absolute atomic E-state index is 0.252. The average molecular weight is 311 g/mol. The predicted molar refractivity (Wildman–Crippen MR) is 85.2 cm³/mol. The zero-order chi connectivity index (χ0) is 16.7. The molecule has 0 aromatic heterocycles. The number of carbonyl (C=O) groups excluding carboxylic acids is 3. The first-order chi connectivity index (χ1) is 11.1. The normalized spacial score (nSPS) is 9.96. The summed E-state index contributed by atoms with van der Waals surface area (Å²) in [6.07, 6.45) is -0.451. The highest BCUT2D eigenvalue weighted by Crippen LogP contribution is 2.12. The van der Waals surface area contributed by atoms with E-state index in [1.54, 1.807) is 24.3 Å². The molecule has 1 amide bonds. The number of rotatable bonds is 7. The molecule has 0 saturated heterocycles. The van der Waals surface area contributed by atoms with E-state index in [-0.39, 0.29) is 6.54 Å². The third-order valence-electron chi connectivity index (χ3n) is 3.28. The second kappa shape index (κ2) is 7.89. The molecule has 2 rings (SSSR count). The van der Waals surface area contributed by atoms with E-state index in [1.807, 2.05) is 30.3 Å².